The van der Waals surface area contributed by atoms with E-state index in [-0.39, 0.29) is 11.2 Å². The summed E-state index contributed by atoms with van der Waals surface area (Å²) in [6.07, 6.45) is 3.43. The van der Waals surface area contributed by atoms with Crippen LogP contribution >= 0.6 is 0 Å². The lowest BCUT2D eigenvalue weighted by Crippen LogP contribution is -2.34. The maximum atomic E-state index is 5.58. The van der Waals surface area contributed by atoms with Crippen molar-refractivity contribution in [3.8, 4) is 0 Å². The van der Waals surface area contributed by atoms with Gasteiger partial charge in [-0.2, -0.15) is 0 Å². The van der Waals surface area contributed by atoms with Crippen molar-refractivity contribution in [1.82, 2.24) is 0 Å². The molecular weight excluding hydrogens is 152 g/mol. The molecule has 0 saturated carbocycles. The summed E-state index contributed by atoms with van der Waals surface area (Å²) >= 11 is 0. The average molecular weight is 172 g/mol. The van der Waals surface area contributed by atoms with Gasteiger partial charge < -0.3 is 9.47 Å². The standard InChI is InChI=1S/C10H20O2/c1-9(2)6-5-7-10(3,4)12-8-11-9/h5-8H2,1-4H3. The van der Waals surface area contributed by atoms with Crippen molar-refractivity contribution in [2.75, 3.05) is 6.79 Å². The molecule has 72 valence electrons. The van der Waals surface area contributed by atoms with Crippen LogP contribution < -0.4 is 0 Å². The van der Waals surface area contributed by atoms with Gasteiger partial charge in [-0.05, 0) is 47.0 Å². The number of hydrogen-bond acceptors (Lipinski definition) is 2. The highest BCUT2D eigenvalue weighted by atomic mass is 16.7. The van der Waals surface area contributed by atoms with Crippen LogP contribution in [-0.2, 0) is 9.47 Å². The zero-order valence-electron chi connectivity index (χ0n) is 8.64. The fourth-order valence-corrected chi connectivity index (χ4v) is 1.43. The second kappa shape index (κ2) is 3.35. The van der Waals surface area contributed by atoms with Crippen LogP contribution in [0.3, 0.4) is 0 Å². The van der Waals surface area contributed by atoms with Crippen LogP contribution in [0.15, 0.2) is 0 Å². The summed E-state index contributed by atoms with van der Waals surface area (Å²) in [5, 5.41) is 0. The molecular formula is C10H20O2. The summed E-state index contributed by atoms with van der Waals surface area (Å²) < 4.78 is 11.2. The molecule has 0 atom stereocenters. The monoisotopic (exact) mass is 172 g/mol. The molecule has 1 fully saturated rings. The van der Waals surface area contributed by atoms with Crippen molar-refractivity contribution in [2.24, 2.45) is 0 Å². The molecule has 0 unspecified atom stereocenters. The van der Waals surface area contributed by atoms with Crippen molar-refractivity contribution in [3.05, 3.63) is 0 Å². The SMILES string of the molecule is CC1(C)CCCC(C)(C)OCO1. The molecule has 2 heteroatoms. The van der Waals surface area contributed by atoms with Gasteiger partial charge in [0.05, 0.1) is 11.2 Å². The van der Waals surface area contributed by atoms with E-state index in [0.717, 1.165) is 12.8 Å². The predicted octanol–water partition coefficient (Wildman–Crippen LogP) is 2.72. The first-order valence-corrected chi connectivity index (χ1v) is 4.69. The minimum absolute atomic E-state index is 0.00347. The van der Waals surface area contributed by atoms with Crippen molar-refractivity contribution >= 4 is 0 Å². The molecule has 0 radical (unpaired) electrons. The Labute approximate surface area is 75.2 Å². The van der Waals surface area contributed by atoms with Gasteiger partial charge in [-0.1, -0.05) is 0 Å². The first-order valence-electron chi connectivity index (χ1n) is 4.69. The van der Waals surface area contributed by atoms with Crippen LogP contribution in [0.2, 0.25) is 0 Å². The number of hydrogen-bond donors (Lipinski definition) is 0. The van der Waals surface area contributed by atoms with Crippen LogP contribution in [0.4, 0.5) is 0 Å². The van der Waals surface area contributed by atoms with E-state index >= 15 is 0 Å². The molecule has 1 aliphatic rings. The zero-order chi connectivity index (χ0) is 9.24. The fourth-order valence-electron chi connectivity index (χ4n) is 1.43. The third-order valence-corrected chi connectivity index (χ3v) is 2.46. The summed E-state index contributed by atoms with van der Waals surface area (Å²) in [7, 11) is 0. The molecule has 0 N–H and O–H groups in total. The largest absolute Gasteiger partial charge is 0.350 e. The Kier molecular flexibility index (Phi) is 2.79. The highest BCUT2D eigenvalue weighted by molar-refractivity contribution is 4.75. The molecule has 12 heavy (non-hydrogen) atoms. The number of rotatable bonds is 0. The Morgan fingerprint density at radius 2 is 1.25 bits per heavy atom. The molecule has 1 heterocycles. The van der Waals surface area contributed by atoms with E-state index in [1.807, 2.05) is 0 Å². The van der Waals surface area contributed by atoms with E-state index in [1.54, 1.807) is 0 Å². The molecule has 0 aromatic rings. The smallest absolute Gasteiger partial charge is 0.148 e. The average Bonchev–Trinajstić information content (AvgIpc) is 1.82. The van der Waals surface area contributed by atoms with Gasteiger partial charge in [0.2, 0.25) is 0 Å². The Morgan fingerprint density at radius 3 is 1.67 bits per heavy atom. The fraction of sp³-hybridized carbons (Fsp3) is 1.00. The van der Waals surface area contributed by atoms with Gasteiger partial charge in [-0.25, -0.2) is 0 Å². The molecule has 0 spiro atoms. The second-order valence-corrected chi connectivity index (χ2v) is 4.78. The van der Waals surface area contributed by atoms with Gasteiger partial charge in [0.15, 0.2) is 0 Å². The molecule has 0 aliphatic carbocycles. The third kappa shape index (κ3) is 3.11. The van der Waals surface area contributed by atoms with Gasteiger partial charge in [0, 0.05) is 0 Å². The highest BCUT2D eigenvalue weighted by Gasteiger charge is 2.26. The van der Waals surface area contributed by atoms with Crippen LogP contribution in [0.5, 0.6) is 0 Å². The third-order valence-electron chi connectivity index (χ3n) is 2.46. The lowest BCUT2D eigenvalue weighted by molar-refractivity contribution is -0.191. The lowest BCUT2D eigenvalue weighted by atomic mass is 9.94. The molecule has 1 aliphatic heterocycles. The van der Waals surface area contributed by atoms with Gasteiger partial charge in [0.25, 0.3) is 0 Å². The second-order valence-electron chi connectivity index (χ2n) is 4.78. The van der Waals surface area contributed by atoms with Gasteiger partial charge in [0.1, 0.15) is 6.79 Å². The molecule has 2 nitrogen and oxygen atoms in total. The molecule has 1 rings (SSSR count). The van der Waals surface area contributed by atoms with Crippen LogP contribution in [0, 0.1) is 0 Å². The first-order chi connectivity index (χ1) is 5.41. The normalized spacial score (nSPS) is 29.0. The molecule has 0 bridgehead atoms. The van der Waals surface area contributed by atoms with Crippen molar-refractivity contribution in [1.29, 1.82) is 0 Å². The Bertz CT molecular complexity index is 120. The van der Waals surface area contributed by atoms with Crippen LogP contribution in [0.25, 0.3) is 0 Å². The summed E-state index contributed by atoms with van der Waals surface area (Å²) in [5.41, 5.74) is -0.00694. The van der Waals surface area contributed by atoms with E-state index < -0.39 is 0 Å². The van der Waals surface area contributed by atoms with Crippen molar-refractivity contribution in [2.45, 2.75) is 58.2 Å². The summed E-state index contributed by atoms with van der Waals surface area (Å²) in [6.45, 7) is 8.91. The molecule has 0 aromatic carbocycles. The van der Waals surface area contributed by atoms with Crippen LogP contribution in [0.1, 0.15) is 47.0 Å². The number of ether oxygens (including phenoxy) is 2. The van der Waals surface area contributed by atoms with E-state index in [2.05, 4.69) is 27.7 Å². The minimum atomic E-state index is -0.00347. The van der Waals surface area contributed by atoms with Gasteiger partial charge in [-0.15, -0.1) is 0 Å². The molecule has 0 aromatic heterocycles. The quantitative estimate of drug-likeness (QED) is 0.559. The van der Waals surface area contributed by atoms with E-state index in [0.29, 0.717) is 6.79 Å². The van der Waals surface area contributed by atoms with E-state index in [1.165, 1.54) is 6.42 Å². The van der Waals surface area contributed by atoms with Gasteiger partial charge in [-0.3, -0.25) is 0 Å². The Morgan fingerprint density at radius 1 is 0.833 bits per heavy atom. The zero-order valence-corrected chi connectivity index (χ0v) is 8.64. The van der Waals surface area contributed by atoms with E-state index in [9.17, 15) is 0 Å². The first kappa shape index (κ1) is 10.0. The topological polar surface area (TPSA) is 18.5 Å². The van der Waals surface area contributed by atoms with Crippen molar-refractivity contribution in [3.63, 3.8) is 0 Å². The maximum Gasteiger partial charge on any atom is 0.148 e. The maximum absolute atomic E-state index is 5.58. The highest BCUT2D eigenvalue weighted by Crippen LogP contribution is 2.27. The lowest BCUT2D eigenvalue weighted by Gasteiger charge is -2.34. The predicted molar refractivity (Wildman–Crippen MR) is 49.0 cm³/mol. The van der Waals surface area contributed by atoms with Gasteiger partial charge >= 0.3 is 0 Å². The summed E-state index contributed by atoms with van der Waals surface area (Å²) in [5.74, 6) is 0. The molecule has 0 amide bonds. The molecule has 1 saturated heterocycles. The van der Waals surface area contributed by atoms with E-state index in [4.69, 9.17) is 9.47 Å². The summed E-state index contributed by atoms with van der Waals surface area (Å²) in [6, 6.07) is 0. The van der Waals surface area contributed by atoms with Crippen LogP contribution in [-0.4, -0.2) is 18.0 Å². The Hall–Kier alpha value is -0.0800. The summed E-state index contributed by atoms with van der Waals surface area (Å²) in [4.78, 5) is 0. The minimum Gasteiger partial charge on any atom is -0.350 e. The Balaban J connectivity index is 2.45. The van der Waals surface area contributed by atoms with Crippen molar-refractivity contribution < 1.29 is 9.47 Å².